The number of hydrogen-bond donors (Lipinski definition) is 2. The minimum atomic E-state index is -0.533. The Morgan fingerprint density at radius 2 is 2.09 bits per heavy atom. The number of aromatic nitrogens is 4. The van der Waals surface area contributed by atoms with Gasteiger partial charge in [0, 0.05) is 46.2 Å². The van der Waals surface area contributed by atoms with Gasteiger partial charge in [0.1, 0.15) is 11.5 Å². The number of halogens is 2. The van der Waals surface area contributed by atoms with Crippen LogP contribution in [0, 0.1) is 17.1 Å². The molecule has 8 heteroatoms. The molecule has 4 heterocycles. The van der Waals surface area contributed by atoms with E-state index >= 15 is 0 Å². The fourth-order valence-corrected chi connectivity index (χ4v) is 4.39. The van der Waals surface area contributed by atoms with Gasteiger partial charge in [-0.05, 0) is 50.2 Å². The summed E-state index contributed by atoms with van der Waals surface area (Å²) in [5.41, 5.74) is 3.57. The lowest BCUT2D eigenvalue weighted by molar-refractivity contribution is 0.343. The summed E-state index contributed by atoms with van der Waals surface area (Å²) < 4.78 is 16.4. The van der Waals surface area contributed by atoms with Crippen LogP contribution in [0.1, 0.15) is 30.0 Å². The maximum absolute atomic E-state index is 14.4. The number of nitrogens with one attached hydrogen (secondary N) is 2. The van der Waals surface area contributed by atoms with E-state index in [1.54, 1.807) is 24.5 Å². The van der Waals surface area contributed by atoms with Crippen molar-refractivity contribution in [3.63, 3.8) is 0 Å². The van der Waals surface area contributed by atoms with Crippen LogP contribution in [0.15, 0.2) is 49.1 Å². The number of benzene rings is 1. The predicted octanol–water partition coefficient (Wildman–Crippen LogP) is 5.21. The van der Waals surface area contributed by atoms with Crippen LogP contribution < -0.4 is 5.32 Å². The molecule has 4 aromatic rings. The molecule has 0 amide bonds. The highest BCUT2D eigenvalue weighted by molar-refractivity contribution is 6.32. The molecule has 160 valence electrons. The molecule has 1 fully saturated rings. The average molecular weight is 447 g/mol. The molecule has 2 N–H and O–H groups in total. The Kier molecular flexibility index (Phi) is 5.48. The second-order valence-electron chi connectivity index (χ2n) is 7.82. The Bertz CT molecular complexity index is 1340. The highest BCUT2D eigenvalue weighted by atomic mass is 35.5. The Balaban J connectivity index is 1.53. The van der Waals surface area contributed by atoms with Gasteiger partial charge >= 0.3 is 0 Å². The van der Waals surface area contributed by atoms with Crippen LogP contribution in [0.2, 0.25) is 5.02 Å². The van der Waals surface area contributed by atoms with Gasteiger partial charge < -0.3 is 10.3 Å². The molecule has 5 rings (SSSR count). The van der Waals surface area contributed by atoms with E-state index in [1.807, 2.05) is 16.9 Å². The van der Waals surface area contributed by atoms with Crippen LogP contribution in [0.25, 0.3) is 33.8 Å². The van der Waals surface area contributed by atoms with Crippen molar-refractivity contribution >= 4 is 34.3 Å². The first-order valence-electron chi connectivity index (χ1n) is 10.4. The fourth-order valence-electron chi connectivity index (χ4n) is 4.13. The third-order valence-electron chi connectivity index (χ3n) is 5.83. The van der Waals surface area contributed by atoms with E-state index in [0.717, 1.165) is 48.0 Å². The zero-order chi connectivity index (χ0) is 22.1. The highest BCUT2D eigenvalue weighted by Gasteiger charge is 2.17. The standard InChI is InChI=1S/C24H20ClFN6/c25-21-2-1-3-22(26)23(21)15(10-27)8-17-12-30-24-20(17)9-16(11-29-24)18-13-31-32(14-18)19-4-6-28-7-5-19/h1-3,8-9,11-14,19,28H,4-7H2,(H,29,30)/b15-8+. The first kappa shape index (κ1) is 20.4. The largest absolute Gasteiger partial charge is 0.346 e. The van der Waals surface area contributed by atoms with Gasteiger partial charge in [0.25, 0.3) is 0 Å². The molecule has 1 saturated heterocycles. The van der Waals surface area contributed by atoms with Crippen LogP contribution in [-0.2, 0) is 0 Å². The summed E-state index contributed by atoms with van der Waals surface area (Å²) in [5, 5.41) is 18.6. The first-order valence-corrected chi connectivity index (χ1v) is 10.8. The topological polar surface area (TPSA) is 82.3 Å². The predicted molar refractivity (Wildman–Crippen MR) is 123 cm³/mol. The maximum atomic E-state index is 14.4. The number of allylic oxidation sites excluding steroid dienone is 1. The van der Waals surface area contributed by atoms with Crippen LogP contribution in [0.5, 0.6) is 0 Å². The third kappa shape index (κ3) is 3.79. The van der Waals surface area contributed by atoms with E-state index in [4.69, 9.17) is 11.6 Å². The molecule has 32 heavy (non-hydrogen) atoms. The van der Waals surface area contributed by atoms with E-state index in [-0.39, 0.29) is 16.2 Å². The van der Waals surface area contributed by atoms with Crippen LogP contribution in [0.4, 0.5) is 4.39 Å². The maximum Gasteiger partial charge on any atom is 0.137 e. The van der Waals surface area contributed by atoms with Crippen molar-refractivity contribution in [2.24, 2.45) is 0 Å². The molecule has 1 aliphatic rings. The SMILES string of the molecule is N#C/C(=C\c1c[nH]c2ncc(-c3cnn(C4CCNCC4)c3)cc12)c1c(F)cccc1Cl. The van der Waals surface area contributed by atoms with Crippen molar-refractivity contribution in [2.75, 3.05) is 13.1 Å². The first-order chi connectivity index (χ1) is 15.6. The fraction of sp³-hybridized carbons (Fsp3) is 0.208. The quantitative estimate of drug-likeness (QED) is 0.422. The monoisotopic (exact) mass is 446 g/mol. The lowest BCUT2D eigenvalue weighted by atomic mass is 10.0. The smallest absolute Gasteiger partial charge is 0.137 e. The van der Waals surface area contributed by atoms with E-state index in [9.17, 15) is 9.65 Å². The molecule has 0 unspecified atom stereocenters. The lowest BCUT2D eigenvalue weighted by Crippen LogP contribution is -2.29. The van der Waals surface area contributed by atoms with Crippen LogP contribution in [0.3, 0.4) is 0 Å². The molecule has 6 nitrogen and oxygen atoms in total. The Morgan fingerprint density at radius 1 is 1.25 bits per heavy atom. The number of hydrogen-bond acceptors (Lipinski definition) is 4. The van der Waals surface area contributed by atoms with E-state index in [1.165, 1.54) is 12.1 Å². The van der Waals surface area contributed by atoms with E-state index in [2.05, 4.69) is 32.6 Å². The van der Waals surface area contributed by atoms with Gasteiger partial charge in [-0.1, -0.05) is 17.7 Å². The van der Waals surface area contributed by atoms with Crippen molar-refractivity contribution in [3.8, 4) is 17.2 Å². The second-order valence-corrected chi connectivity index (χ2v) is 8.23. The van der Waals surface area contributed by atoms with Gasteiger partial charge in [-0.25, -0.2) is 9.37 Å². The van der Waals surface area contributed by atoms with E-state index < -0.39 is 5.82 Å². The van der Waals surface area contributed by atoms with Crippen LogP contribution in [-0.4, -0.2) is 32.8 Å². The number of nitrogens with zero attached hydrogens (tertiary/aromatic N) is 4. The third-order valence-corrected chi connectivity index (χ3v) is 6.15. The average Bonchev–Trinajstić information content (AvgIpc) is 3.46. The summed E-state index contributed by atoms with van der Waals surface area (Å²) in [5.74, 6) is -0.533. The molecule has 0 radical (unpaired) electrons. The summed E-state index contributed by atoms with van der Waals surface area (Å²) >= 11 is 6.17. The van der Waals surface area contributed by atoms with Crippen molar-refractivity contribution in [3.05, 3.63) is 71.0 Å². The minimum Gasteiger partial charge on any atom is -0.346 e. The molecular weight excluding hydrogens is 427 g/mol. The van der Waals surface area contributed by atoms with Crippen molar-refractivity contribution in [1.82, 2.24) is 25.1 Å². The molecular formula is C24H20ClFN6. The Morgan fingerprint density at radius 3 is 2.88 bits per heavy atom. The summed E-state index contributed by atoms with van der Waals surface area (Å²) in [4.78, 5) is 7.64. The molecule has 0 atom stereocenters. The Labute approximate surface area is 189 Å². The van der Waals surface area contributed by atoms with Crippen LogP contribution >= 0.6 is 11.6 Å². The Hall–Kier alpha value is -3.47. The number of fused-ring (bicyclic) bond motifs is 1. The number of pyridine rings is 1. The molecule has 1 aromatic carbocycles. The molecule has 0 saturated carbocycles. The van der Waals surface area contributed by atoms with Crippen molar-refractivity contribution in [1.29, 1.82) is 5.26 Å². The number of aromatic amines is 1. The van der Waals surface area contributed by atoms with Gasteiger partial charge in [0.15, 0.2) is 0 Å². The normalized spacial score (nSPS) is 15.2. The number of H-pyrrole nitrogens is 1. The second kappa shape index (κ2) is 8.58. The number of rotatable bonds is 4. The highest BCUT2D eigenvalue weighted by Crippen LogP contribution is 2.31. The van der Waals surface area contributed by atoms with Gasteiger partial charge in [0.05, 0.1) is 28.9 Å². The lowest BCUT2D eigenvalue weighted by Gasteiger charge is -2.22. The van der Waals surface area contributed by atoms with E-state index in [0.29, 0.717) is 11.7 Å². The summed E-state index contributed by atoms with van der Waals surface area (Å²) in [6.07, 6.45) is 11.2. The molecule has 0 bridgehead atoms. The van der Waals surface area contributed by atoms with Crippen molar-refractivity contribution in [2.45, 2.75) is 18.9 Å². The van der Waals surface area contributed by atoms with Crippen molar-refractivity contribution < 1.29 is 4.39 Å². The summed E-state index contributed by atoms with van der Waals surface area (Å²) in [7, 11) is 0. The minimum absolute atomic E-state index is 0.0957. The van der Waals surface area contributed by atoms with Gasteiger partial charge in [-0.2, -0.15) is 10.4 Å². The zero-order valence-electron chi connectivity index (χ0n) is 17.1. The van der Waals surface area contributed by atoms with Gasteiger partial charge in [0.2, 0.25) is 0 Å². The number of nitriles is 1. The summed E-state index contributed by atoms with van der Waals surface area (Å²) in [6.45, 7) is 2.00. The molecule has 3 aromatic heterocycles. The number of piperidine rings is 1. The van der Waals surface area contributed by atoms with Gasteiger partial charge in [-0.3, -0.25) is 4.68 Å². The molecule has 1 aliphatic heterocycles. The van der Waals surface area contributed by atoms with Gasteiger partial charge in [-0.15, -0.1) is 0 Å². The zero-order valence-corrected chi connectivity index (χ0v) is 17.9. The molecule has 0 spiro atoms. The summed E-state index contributed by atoms with van der Waals surface area (Å²) in [6, 6.07) is 8.86. The molecule has 0 aliphatic carbocycles.